The highest BCUT2D eigenvalue weighted by Gasteiger charge is 2.15. The third-order valence-electron chi connectivity index (χ3n) is 2.29. The molecule has 0 spiro atoms. The fourth-order valence-electron chi connectivity index (χ4n) is 1.28. The van der Waals surface area contributed by atoms with Crippen LogP contribution in [0.15, 0.2) is 18.2 Å². The second kappa shape index (κ2) is 4.71. The first-order valence-corrected chi connectivity index (χ1v) is 7.33. The molecule has 1 aromatic carbocycles. The number of thiazole rings is 1. The van der Waals surface area contributed by atoms with Crippen LogP contribution in [-0.4, -0.2) is 38.9 Å². The Kier molecular flexibility index (Phi) is 3.42. The van der Waals surface area contributed by atoms with Crippen molar-refractivity contribution in [3.05, 3.63) is 18.2 Å². The van der Waals surface area contributed by atoms with Gasteiger partial charge in [-0.2, -0.15) is 12.7 Å². The molecule has 2 aromatic rings. The number of nitrogens with zero attached hydrogens (tertiary/aromatic N) is 2. The van der Waals surface area contributed by atoms with E-state index in [1.165, 1.54) is 25.4 Å². The van der Waals surface area contributed by atoms with Crippen LogP contribution < -0.4 is 9.46 Å². The minimum Gasteiger partial charge on any atom is -0.497 e. The van der Waals surface area contributed by atoms with Gasteiger partial charge in [-0.05, 0) is 18.2 Å². The summed E-state index contributed by atoms with van der Waals surface area (Å²) in [6.07, 6.45) is 0. The van der Waals surface area contributed by atoms with E-state index in [1.54, 1.807) is 19.2 Å². The normalized spacial score (nSPS) is 12.0. The molecule has 98 valence electrons. The van der Waals surface area contributed by atoms with Gasteiger partial charge in [-0.3, -0.25) is 0 Å². The Morgan fingerprint density at radius 3 is 2.72 bits per heavy atom. The van der Waals surface area contributed by atoms with Crippen molar-refractivity contribution in [2.75, 3.05) is 25.9 Å². The van der Waals surface area contributed by atoms with Crippen LogP contribution in [0, 0.1) is 0 Å². The fraction of sp³-hybridized carbons (Fsp3) is 0.300. The van der Waals surface area contributed by atoms with Crippen LogP contribution in [0.5, 0.6) is 5.75 Å². The van der Waals surface area contributed by atoms with Crippen molar-refractivity contribution in [2.45, 2.75) is 0 Å². The maximum Gasteiger partial charge on any atom is 0.302 e. The number of fused-ring (bicyclic) bond motifs is 1. The Labute approximate surface area is 109 Å². The number of hydrogen-bond acceptors (Lipinski definition) is 5. The summed E-state index contributed by atoms with van der Waals surface area (Å²) in [7, 11) is 0.981. The maximum absolute atomic E-state index is 11.7. The first-order chi connectivity index (χ1) is 8.42. The van der Waals surface area contributed by atoms with Gasteiger partial charge in [0.15, 0.2) is 5.13 Å². The molecular weight excluding hydrogens is 274 g/mol. The zero-order valence-electron chi connectivity index (χ0n) is 10.2. The van der Waals surface area contributed by atoms with Gasteiger partial charge < -0.3 is 4.74 Å². The van der Waals surface area contributed by atoms with Crippen molar-refractivity contribution in [2.24, 2.45) is 0 Å². The Bertz CT molecular complexity index is 664. The topological polar surface area (TPSA) is 71.5 Å². The molecule has 1 aromatic heterocycles. The molecule has 1 N–H and O–H groups in total. The summed E-state index contributed by atoms with van der Waals surface area (Å²) in [6, 6.07) is 5.39. The van der Waals surface area contributed by atoms with E-state index >= 15 is 0 Å². The summed E-state index contributed by atoms with van der Waals surface area (Å²) in [5, 5.41) is 0.340. The standard InChI is InChI=1S/C10H13N3O3S2/c1-13(2)18(14,15)12-10-11-8-5-4-7(16-3)6-9(8)17-10/h4-6H,1-3H3,(H,11,12). The van der Waals surface area contributed by atoms with Crippen LogP contribution in [-0.2, 0) is 10.2 Å². The van der Waals surface area contributed by atoms with Crippen molar-refractivity contribution < 1.29 is 13.2 Å². The predicted octanol–water partition coefficient (Wildman–Crippen LogP) is 1.52. The van der Waals surface area contributed by atoms with Crippen LogP contribution in [0.1, 0.15) is 0 Å². The maximum atomic E-state index is 11.7. The summed E-state index contributed by atoms with van der Waals surface area (Å²) in [5.41, 5.74) is 0.734. The number of anilines is 1. The molecule has 0 amide bonds. The average Bonchev–Trinajstić information content (AvgIpc) is 2.68. The summed E-state index contributed by atoms with van der Waals surface area (Å²) in [6.45, 7) is 0. The van der Waals surface area contributed by atoms with Gasteiger partial charge in [-0.25, -0.2) is 9.71 Å². The molecule has 0 atom stereocenters. The molecule has 0 unspecified atom stereocenters. The van der Waals surface area contributed by atoms with Crippen molar-refractivity contribution in [1.29, 1.82) is 0 Å². The van der Waals surface area contributed by atoms with E-state index in [9.17, 15) is 8.42 Å². The fourth-order valence-corrected chi connectivity index (χ4v) is 2.95. The molecule has 0 aliphatic rings. The number of rotatable bonds is 4. The van der Waals surface area contributed by atoms with E-state index in [-0.39, 0.29) is 0 Å². The molecule has 18 heavy (non-hydrogen) atoms. The molecule has 8 heteroatoms. The van der Waals surface area contributed by atoms with Crippen LogP contribution in [0.25, 0.3) is 10.2 Å². The largest absolute Gasteiger partial charge is 0.497 e. The van der Waals surface area contributed by atoms with Crippen LogP contribution in [0.3, 0.4) is 0 Å². The molecule has 0 saturated heterocycles. The lowest BCUT2D eigenvalue weighted by atomic mass is 10.3. The van der Waals surface area contributed by atoms with Gasteiger partial charge in [-0.1, -0.05) is 11.3 Å². The van der Waals surface area contributed by atoms with E-state index in [0.717, 1.165) is 14.5 Å². The molecular formula is C10H13N3O3S2. The van der Waals surface area contributed by atoms with Gasteiger partial charge in [0.25, 0.3) is 0 Å². The van der Waals surface area contributed by atoms with Crippen molar-refractivity contribution in [3.8, 4) is 5.75 Å². The van der Waals surface area contributed by atoms with Crippen LogP contribution in [0.4, 0.5) is 5.13 Å². The molecule has 1 heterocycles. The Morgan fingerprint density at radius 2 is 2.11 bits per heavy atom. The van der Waals surface area contributed by atoms with Gasteiger partial charge in [0.2, 0.25) is 0 Å². The average molecular weight is 287 g/mol. The van der Waals surface area contributed by atoms with Crippen LogP contribution in [0.2, 0.25) is 0 Å². The second-order valence-electron chi connectivity index (χ2n) is 3.74. The number of nitrogens with one attached hydrogen (secondary N) is 1. The van der Waals surface area contributed by atoms with Gasteiger partial charge in [0.1, 0.15) is 5.75 Å². The predicted molar refractivity (Wildman–Crippen MR) is 72.4 cm³/mol. The molecule has 0 aliphatic heterocycles. The lowest BCUT2D eigenvalue weighted by Crippen LogP contribution is -2.28. The molecule has 0 saturated carbocycles. The zero-order chi connectivity index (χ0) is 13.3. The van der Waals surface area contributed by atoms with E-state index in [1.807, 2.05) is 6.07 Å². The van der Waals surface area contributed by atoms with Crippen molar-refractivity contribution in [3.63, 3.8) is 0 Å². The summed E-state index contributed by atoms with van der Waals surface area (Å²) in [4.78, 5) is 4.20. The lowest BCUT2D eigenvalue weighted by Gasteiger charge is -2.10. The highest BCUT2D eigenvalue weighted by atomic mass is 32.2. The smallest absolute Gasteiger partial charge is 0.302 e. The van der Waals surface area contributed by atoms with Gasteiger partial charge in [-0.15, -0.1) is 0 Å². The number of benzene rings is 1. The lowest BCUT2D eigenvalue weighted by molar-refractivity contribution is 0.415. The molecule has 6 nitrogen and oxygen atoms in total. The Balaban J connectivity index is 2.36. The summed E-state index contributed by atoms with van der Waals surface area (Å²) in [5.74, 6) is 0.716. The SMILES string of the molecule is COc1ccc2nc(NS(=O)(=O)N(C)C)sc2c1. The summed E-state index contributed by atoms with van der Waals surface area (Å²) >= 11 is 1.26. The second-order valence-corrected chi connectivity index (χ2v) is 6.66. The molecule has 0 radical (unpaired) electrons. The number of methoxy groups -OCH3 is 1. The van der Waals surface area contributed by atoms with Gasteiger partial charge in [0, 0.05) is 14.1 Å². The quantitative estimate of drug-likeness (QED) is 0.925. The van der Waals surface area contributed by atoms with E-state index < -0.39 is 10.2 Å². The van der Waals surface area contributed by atoms with E-state index in [0.29, 0.717) is 10.9 Å². The number of hydrogen-bond donors (Lipinski definition) is 1. The first-order valence-electron chi connectivity index (χ1n) is 5.07. The van der Waals surface area contributed by atoms with E-state index in [2.05, 4.69) is 9.71 Å². The highest BCUT2D eigenvalue weighted by molar-refractivity contribution is 7.90. The number of ether oxygens (including phenoxy) is 1. The Hall–Kier alpha value is -1.38. The third-order valence-corrected chi connectivity index (χ3v) is 4.77. The first kappa shape index (κ1) is 13.1. The zero-order valence-corrected chi connectivity index (χ0v) is 11.8. The van der Waals surface area contributed by atoms with Crippen molar-refractivity contribution in [1.82, 2.24) is 9.29 Å². The minimum absolute atomic E-state index is 0.340. The monoisotopic (exact) mass is 287 g/mol. The van der Waals surface area contributed by atoms with Gasteiger partial charge >= 0.3 is 10.2 Å². The Morgan fingerprint density at radius 1 is 1.39 bits per heavy atom. The molecule has 2 rings (SSSR count). The highest BCUT2D eigenvalue weighted by Crippen LogP contribution is 2.29. The number of aromatic nitrogens is 1. The summed E-state index contributed by atoms with van der Waals surface area (Å²) < 4.78 is 32.8. The molecule has 0 aliphatic carbocycles. The minimum atomic E-state index is -3.51. The van der Waals surface area contributed by atoms with Crippen molar-refractivity contribution >= 4 is 36.9 Å². The molecule has 0 fully saturated rings. The van der Waals surface area contributed by atoms with Crippen LogP contribution >= 0.6 is 11.3 Å². The third kappa shape index (κ3) is 2.55. The molecule has 0 bridgehead atoms. The van der Waals surface area contributed by atoms with E-state index in [4.69, 9.17) is 4.74 Å². The van der Waals surface area contributed by atoms with Gasteiger partial charge in [0.05, 0.1) is 17.3 Å².